The number of carbonyl (C=O) groups is 1. The summed E-state index contributed by atoms with van der Waals surface area (Å²) in [6, 6.07) is 16.6. The third-order valence-electron chi connectivity index (χ3n) is 4.59. The maximum atomic E-state index is 12.8. The molecule has 0 aromatic heterocycles. The molecule has 1 aliphatic rings. The van der Waals surface area contributed by atoms with Gasteiger partial charge in [-0.25, -0.2) is 8.42 Å². The van der Waals surface area contributed by atoms with E-state index in [9.17, 15) is 13.2 Å². The van der Waals surface area contributed by atoms with Crippen molar-refractivity contribution in [1.29, 1.82) is 0 Å². The van der Waals surface area contributed by atoms with Crippen LogP contribution in [-0.2, 0) is 21.4 Å². The van der Waals surface area contributed by atoms with Crippen LogP contribution in [0.4, 0.5) is 0 Å². The Bertz CT molecular complexity index is 863. The summed E-state index contributed by atoms with van der Waals surface area (Å²) in [5, 5.41) is 2.95. The fourth-order valence-corrected chi connectivity index (χ4v) is 5.51. The van der Waals surface area contributed by atoms with Gasteiger partial charge in [-0.2, -0.15) is 4.31 Å². The molecule has 0 saturated carbocycles. The second kappa shape index (κ2) is 8.33. The van der Waals surface area contributed by atoms with Crippen LogP contribution >= 0.6 is 15.9 Å². The minimum atomic E-state index is -3.54. The van der Waals surface area contributed by atoms with E-state index in [0.29, 0.717) is 36.9 Å². The molecule has 0 spiro atoms. The number of piperidine rings is 1. The third-order valence-corrected chi connectivity index (χ3v) is 7.50. The van der Waals surface area contributed by atoms with Gasteiger partial charge < -0.3 is 5.32 Å². The Kier molecular flexibility index (Phi) is 6.11. The molecule has 1 amide bonds. The Morgan fingerprint density at radius 2 is 1.65 bits per heavy atom. The molecule has 0 radical (unpaired) electrons. The van der Waals surface area contributed by atoms with Gasteiger partial charge in [-0.1, -0.05) is 42.5 Å². The molecule has 3 rings (SSSR count). The van der Waals surface area contributed by atoms with Crippen molar-refractivity contribution in [3.05, 3.63) is 64.6 Å². The monoisotopic (exact) mass is 436 g/mol. The number of amides is 1. The number of nitrogens with zero attached hydrogens (tertiary/aromatic N) is 1. The molecule has 0 unspecified atom stereocenters. The maximum Gasteiger partial charge on any atom is 0.244 e. The summed E-state index contributed by atoms with van der Waals surface area (Å²) in [4.78, 5) is 12.6. The lowest BCUT2D eigenvalue weighted by molar-refractivity contribution is -0.126. The van der Waals surface area contributed by atoms with Crippen LogP contribution in [0.1, 0.15) is 18.4 Å². The lowest BCUT2D eigenvalue weighted by atomic mass is 9.97. The van der Waals surface area contributed by atoms with Crippen molar-refractivity contribution in [2.75, 3.05) is 13.1 Å². The summed E-state index contributed by atoms with van der Waals surface area (Å²) < 4.78 is 27.6. The van der Waals surface area contributed by atoms with Gasteiger partial charge in [0.15, 0.2) is 0 Å². The zero-order chi connectivity index (χ0) is 18.6. The number of carbonyl (C=O) groups excluding carboxylic acids is 1. The van der Waals surface area contributed by atoms with Crippen molar-refractivity contribution in [1.82, 2.24) is 9.62 Å². The number of halogens is 1. The molecular formula is C19H21BrN2O3S. The standard InChI is InChI=1S/C19H21BrN2O3S/c20-17-8-4-5-9-18(17)26(24,25)22-12-10-16(11-13-22)19(23)21-14-15-6-2-1-3-7-15/h1-9,16H,10-14H2,(H,21,23). The van der Waals surface area contributed by atoms with Crippen LogP contribution in [0.25, 0.3) is 0 Å². The summed E-state index contributed by atoms with van der Waals surface area (Å²) in [7, 11) is -3.54. The van der Waals surface area contributed by atoms with Crippen LogP contribution in [-0.4, -0.2) is 31.7 Å². The van der Waals surface area contributed by atoms with Crippen molar-refractivity contribution >= 4 is 31.9 Å². The Hall–Kier alpha value is -1.70. The molecule has 1 N–H and O–H groups in total. The maximum absolute atomic E-state index is 12.8. The Balaban J connectivity index is 1.57. The average molecular weight is 437 g/mol. The molecule has 138 valence electrons. The summed E-state index contributed by atoms with van der Waals surface area (Å²) >= 11 is 3.31. The number of sulfonamides is 1. The molecule has 1 fully saturated rings. The smallest absolute Gasteiger partial charge is 0.244 e. The zero-order valence-electron chi connectivity index (χ0n) is 14.3. The van der Waals surface area contributed by atoms with Gasteiger partial charge >= 0.3 is 0 Å². The highest BCUT2D eigenvalue weighted by Gasteiger charge is 2.32. The topological polar surface area (TPSA) is 66.5 Å². The number of hydrogen-bond acceptors (Lipinski definition) is 3. The van der Waals surface area contributed by atoms with Gasteiger partial charge in [-0.15, -0.1) is 0 Å². The summed E-state index contributed by atoms with van der Waals surface area (Å²) in [6.45, 7) is 1.20. The lowest BCUT2D eigenvalue weighted by Gasteiger charge is -2.30. The quantitative estimate of drug-likeness (QED) is 0.782. The molecule has 0 aliphatic carbocycles. The van der Waals surface area contributed by atoms with E-state index >= 15 is 0 Å². The van der Waals surface area contributed by atoms with Crippen molar-refractivity contribution < 1.29 is 13.2 Å². The van der Waals surface area contributed by atoms with Crippen LogP contribution in [0.2, 0.25) is 0 Å². The highest BCUT2D eigenvalue weighted by Crippen LogP contribution is 2.28. The van der Waals surface area contributed by atoms with Crippen molar-refractivity contribution in [2.24, 2.45) is 5.92 Å². The Morgan fingerprint density at radius 3 is 2.31 bits per heavy atom. The SMILES string of the molecule is O=C(NCc1ccccc1)C1CCN(S(=O)(=O)c2ccccc2Br)CC1. The molecule has 1 aliphatic heterocycles. The first-order chi connectivity index (χ1) is 12.5. The second-order valence-corrected chi connectivity index (χ2v) is 9.07. The number of hydrogen-bond donors (Lipinski definition) is 1. The molecule has 0 atom stereocenters. The van der Waals surface area contributed by atoms with E-state index in [1.165, 1.54) is 4.31 Å². The van der Waals surface area contributed by atoms with E-state index in [1.807, 2.05) is 30.3 Å². The molecule has 26 heavy (non-hydrogen) atoms. The second-order valence-electron chi connectivity index (χ2n) is 6.31. The predicted molar refractivity (Wildman–Crippen MR) is 104 cm³/mol. The summed E-state index contributed by atoms with van der Waals surface area (Å²) in [5.41, 5.74) is 1.05. The molecule has 1 saturated heterocycles. The summed E-state index contributed by atoms with van der Waals surface area (Å²) in [6.07, 6.45) is 1.06. The molecule has 1 heterocycles. The van der Waals surface area contributed by atoms with Crippen molar-refractivity contribution in [2.45, 2.75) is 24.3 Å². The van der Waals surface area contributed by atoms with Crippen LogP contribution in [0.15, 0.2) is 64.0 Å². The number of benzene rings is 2. The molecule has 2 aromatic carbocycles. The van der Waals surface area contributed by atoms with Crippen molar-refractivity contribution in [3.8, 4) is 0 Å². The highest BCUT2D eigenvalue weighted by molar-refractivity contribution is 9.10. The van der Waals surface area contributed by atoms with E-state index in [4.69, 9.17) is 0 Å². The Labute approximate surface area is 162 Å². The third kappa shape index (κ3) is 4.34. The van der Waals surface area contributed by atoms with Crippen LogP contribution < -0.4 is 5.32 Å². The molecule has 7 heteroatoms. The first-order valence-electron chi connectivity index (χ1n) is 8.55. The molecule has 0 bridgehead atoms. The largest absolute Gasteiger partial charge is 0.352 e. The number of rotatable bonds is 5. The van der Waals surface area contributed by atoms with Gasteiger partial charge in [0.1, 0.15) is 0 Å². The minimum absolute atomic E-state index is 0.00760. The fourth-order valence-electron chi connectivity index (χ4n) is 3.08. The zero-order valence-corrected chi connectivity index (χ0v) is 16.7. The van der Waals surface area contributed by atoms with Crippen LogP contribution in [0, 0.1) is 5.92 Å². The minimum Gasteiger partial charge on any atom is -0.352 e. The molecular weight excluding hydrogens is 416 g/mol. The fraction of sp³-hybridized carbons (Fsp3) is 0.316. The van der Waals surface area contributed by atoms with Gasteiger partial charge in [0.2, 0.25) is 15.9 Å². The number of nitrogens with one attached hydrogen (secondary N) is 1. The van der Waals surface area contributed by atoms with Crippen LogP contribution in [0.3, 0.4) is 0 Å². The van der Waals surface area contributed by atoms with E-state index in [1.54, 1.807) is 24.3 Å². The Morgan fingerprint density at radius 1 is 1.04 bits per heavy atom. The van der Waals surface area contributed by atoms with E-state index in [2.05, 4.69) is 21.2 Å². The lowest BCUT2D eigenvalue weighted by Crippen LogP contribution is -2.42. The highest BCUT2D eigenvalue weighted by atomic mass is 79.9. The van der Waals surface area contributed by atoms with Gasteiger partial charge in [-0.3, -0.25) is 4.79 Å². The first kappa shape index (κ1) is 19.1. The van der Waals surface area contributed by atoms with Crippen molar-refractivity contribution in [3.63, 3.8) is 0 Å². The van der Waals surface area contributed by atoms with Gasteiger partial charge in [0.05, 0.1) is 4.90 Å². The van der Waals surface area contributed by atoms with E-state index in [0.717, 1.165) is 5.56 Å². The van der Waals surface area contributed by atoms with E-state index < -0.39 is 10.0 Å². The average Bonchev–Trinajstić information content (AvgIpc) is 2.67. The van der Waals surface area contributed by atoms with Crippen LogP contribution in [0.5, 0.6) is 0 Å². The predicted octanol–water partition coefficient (Wildman–Crippen LogP) is 3.17. The first-order valence-corrected chi connectivity index (χ1v) is 10.8. The molecule has 5 nitrogen and oxygen atoms in total. The molecule has 2 aromatic rings. The van der Waals surface area contributed by atoms with Gasteiger partial charge in [0.25, 0.3) is 0 Å². The normalized spacial score (nSPS) is 16.3. The van der Waals surface area contributed by atoms with Gasteiger partial charge in [-0.05, 0) is 46.5 Å². The summed E-state index contributed by atoms with van der Waals surface area (Å²) in [5.74, 6) is -0.156. The van der Waals surface area contributed by atoms with E-state index in [-0.39, 0.29) is 16.7 Å². The van der Waals surface area contributed by atoms with Gasteiger partial charge in [0, 0.05) is 30.0 Å².